The van der Waals surface area contributed by atoms with E-state index in [4.69, 9.17) is 4.42 Å². The fraction of sp³-hybridized carbons (Fsp3) is 0.0312. The molecule has 0 saturated carbocycles. The predicted molar refractivity (Wildman–Crippen MR) is 279 cm³/mol. The largest absolute Gasteiger partial charge is 0.456 e. The Labute approximate surface area is 384 Å². The number of furan rings is 1. The average Bonchev–Trinajstić information content (AvgIpc) is 3.79. The predicted octanol–water partition coefficient (Wildman–Crippen LogP) is 18.1. The van der Waals surface area contributed by atoms with Crippen LogP contribution >= 0.6 is 0 Å². The van der Waals surface area contributed by atoms with E-state index in [9.17, 15) is 0 Å². The van der Waals surface area contributed by atoms with Crippen LogP contribution in [-0.4, -0.2) is 0 Å². The SMILES string of the molecule is C1=Cc2oc3c(ccc4ccccc43)c2C(c2cccc(N(c3ccc(-c4cccc(-c5cccc6ccccc56)c4)cc3)c3ccc(-c4cc5ccccc5c5ccccc45)cc3)c2)C1. The molecule has 2 nitrogen and oxygen atoms in total. The zero-order valence-electron chi connectivity index (χ0n) is 36.2. The Balaban J connectivity index is 0.915. The molecule has 0 bridgehead atoms. The minimum Gasteiger partial charge on any atom is -0.456 e. The third kappa shape index (κ3) is 6.41. The van der Waals surface area contributed by atoms with Crippen LogP contribution in [-0.2, 0) is 0 Å². The van der Waals surface area contributed by atoms with E-state index in [1.54, 1.807) is 0 Å². The summed E-state index contributed by atoms with van der Waals surface area (Å²) in [6, 6.07) is 84.3. The van der Waals surface area contributed by atoms with E-state index >= 15 is 0 Å². The molecule has 310 valence electrons. The summed E-state index contributed by atoms with van der Waals surface area (Å²) in [7, 11) is 0. The summed E-state index contributed by atoms with van der Waals surface area (Å²) in [5, 5.41) is 11.1. The Bertz CT molecular complexity index is 3850. The Morgan fingerprint density at radius 2 is 0.985 bits per heavy atom. The van der Waals surface area contributed by atoms with Crippen LogP contribution in [0.25, 0.3) is 93.5 Å². The van der Waals surface area contributed by atoms with Crippen molar-refractivity contribution in [3.8, 4) is 33.4 Å². The van der Waals surface area contributed by atoms with Gasteiger partial charge in [0.15, 0.2) is 0 Å². The van der Waals surface area contributed by atoms with Crippen LogP contribution in [0.4, 0.5) is 17.1 Å². The molecule has 0 N–H and O–H groups in total. The smallest absolute Gasteiger partial charge is 0.142 e. The van der Waals surface area contributed by atoms with Crippen LogP contribution in [0.3, 0.4) is 0 Å². The van der Waals surface area contributed by atoms with Crippen molar-refractivity contribution >= 4 is 77.2 Å². The number of hydrogen-bond donors (Lipinski definition) is 0. The molecule has 12 aromatic rings. The molecule has 11 aromatic carbocycles. The molecule has 66 heavy (non-hydrogen) atoms. The van der Waals surface area contributed by atoms with Crippen molar-refractivity contribution in [3.05, 3.63) is 253 Å². The van der Waals surface area contributed by atoms with Gasteiger partial charge in [0.1, 0.15) is 11.3 Å². The second-order valence-electron chi connectivity index (χ2n) is 17.6. The molecule has 0 spiro atoms. The van der Waals surface area contributed by atoms with Crippen molar-refractivity contribution in [1.82, 2.24) is 0 Å². The lowest BCUT2D eigenvalue weighted by Crippen LogP contribution is -2.11. The van der Waals surface area contributed by atoms with Gasteiger partial charge >= 0.3 is 0 Å². The van der Waals surface area contributed by atoms with Crippen molar-refractivity contribution in [2.45, 2.75) is 12.3 Å². The molecule has 1 aromatic heterocycles. The molecule has 1 atom stereocenters. The maximum absolute atomic E-state index is 6.67. The molecule has 0 amide bonds. The third-order valence-electron chi connectivity index (χ3n) is 13.8. The quantitative estimate of drug-likeness (QED) is 0.149. The Morgan fingerprint density at radius 3 is 1.79 bits per heavy atom. The van der Waals surface area contributed by atoms with Crippen molar-refractivity contribution < 1.29 is 4.42 Å². The van der Waals surface area contributed by atoms with Gasteiger partial charge in [-0.1, -0.05) is 188 Å². The fourth-order valence-electron chi connectivity index (χ4n) is 10.6. The van der Waals surface area contributed by atoms with Gasteiger partial charge in [0.05, 0.1) is 0 Å². The molecule has 0 saturated heterocycles. The van der Waals surface area contributed by atoms with Gasteiger partial charge in [-0.15, -0.1) is 0 Å². The van der Waals surface area contributed by atoms with Crippen LogP contribution in [0, 0.1) is 0 Å². The standard InChI is InChI=1S/C64H43NO/c1-4-21-53-43(13-1)16-11-26-54(53)47-18-9-17-46(39-47)42-29-34-50(35-30-42)65(51-36-31-45(32-37-51)61-41-49-15-3-5-22-55(49)58-24-7-8-25-59(58)61)52-20-10-19-48(40-52)56-27-12-28-62-63(56)60-38-33-44-14-2-6-23-57(44)64(60)66-62/h1-26,28-41,56H,27H2. The van der Waals surface area contributed by atoms with E-state index in [0.717, 1.165) is 40.2 Å². The lowest BCUT2D eigenvalue weighted by atomic mass is 9.83. The highest BCUT2D eigenvalue weighted by molar-refractivity contribution is 6.14. The number of anilines is 3. The first kappa shape index (κ1) is 38.0. The second kappa shape index (κ2) is 15.7. The summed E-state index contributed by atoms with van der Waals surface area (Å²) in [6.07, 6.45) is 5.33. The van der Waals surface area contributed by atoms with Gasteiger partial charge in [-0.25, -0.2) is 0 Å². The average molecular weight is 842 g/mol. The van der Waals surface area contributed by atoms with Crippen LogP contribution in [0.2, 0.25) is 0 Å². The lowest BCUT2D eigenvalue weighted by Gasteiger charge is -2.28. The molecule has 1 aliphatic carbocycles. The van der Waals surface area contributed by atoms with E-state index in [0.29, 0.717) is 0 Å². The van der Waals surface area contributed by atoms with Gasteiger partial charge < -0.3 is 9.32 Å². The number of nitrogens with zero attached hydrogens (tertiary/aromatic N) is 1. The highest BCUT2D eigenvalue weighted by Gasteiger charge is 2.27. The third-order valence-corrected chi connectivity index (χ3v) is 13.8. The summed E-state index contributed by atoms with van der Waals surface area (Å²) in [5.74, 6) is 1.10. The van der Waals surface area contributed by atoms with Crippen LogP contribution in [0.15, 0.2) is 241 Å². The van der Waals surface area contributed by atoms with Crippen molar-refractivity contribution in [1.29, 1.82) is 0 Å². The minimum absolute atomic E-state index is 0.147. The highest BCUT2D eigenvalue weighted by Crippen LogP contribution is 2.46. The van der Waals surface area contributed by atoms with Gasteiger partial charge in [-0.2, -0.15) is 0 Å². The van der Waals surface area contributed by atoms with E-state index in [1.807, 2.05) is 0 Å². The molecule has 1 aliphatic rings. The summed E-state index contributed by atoms with van der Waals surface area (Å²) in [5.41, 5.74) is 14.0. The summed E-state index contributed by atoms with van der Waals surface area (Å²) in [6.45, 7) is 0. The molecular formula is C64H43NO. The maximum Gasteiger partial charge on any atom is 0.142 e. The Hall–Kier alpha value is -8.46. The summed E-state index contributed by atoms with van der Waals surface area (Å²) < 4.78 is 6.67. The molecule has 0 radical (unpaired) electrons. The van der Waals surface area contributed by atoms with E-state index in [2.05, 4.69) is 248 Å². The molecule has 1 heterocycles. The number of benzene rings is 11. The molecular weight excluding hydrogens is 799 g/mol. The van der Waals surface area contributed by atoms with Crippen LogP contribution in [0.1, 0.15) is 29.2 Å². The van der Waals surface area contributed by atoms with Crippen LogP contribution < -0.4 is 4.90 Å². The number of hydrogen-bond acceptors (Lipinski definition) is 2. The molecule has 2 heteroatoms. The van der Waals surface area contributed by atoms with E-state index in [-0.39, 0.29) is 5.92 Å². The first-order valence-electron chi connectivity index (χ1n) is 22.9. The summed E-state index contributed by atoms with van der Waals surface area (Å²) >= 11 is 0. The van der Waals surface area contributed by atoms with Crippen molar-refractivity contribution in [2.75, 3.05) is 4.90 Å². The monoisotopic (exact) mass is 841 g/mol. The number of allylic oxidation sites excluding steroid dienone is 1. The fourth-order valence-corrected chi connectivity index (χ4v) is 10.6. The topological polar surface area (TPSA) is 16.4 Å². The molecule has 0 fully saturated rings. The lowest BCUT2D eigenvalue weighted by molar-refractivity contribution is 0.592. The molecule has 13 rings (SSSR count). The number of rotatable bonds is 7. The zero-order valence-corrected chi connectivity index (χ0v) is 36.2. The van der Waals surface area contributed by atoms with Crippen molar-refractivity contribution in [2.24, 2.45) is 0 Å². The first-order chi connectivity index (χ1) is 32.7. The first-order valence-corrected chi connectivity index (χ1v) is 22.9. The highest BCUT2D eigenvalue weighted by atomic mass is 16.3. The summed E-state index contributed by atoms with van der Waals surface area (Å²) in [4.78, 5) is 2.41. The van der Waals surface area contributed by atoms with E-state index < -0.39 is 0 Å². The normalized spacial score (nSPS) is 13.5. The van der Waals surface area contributed by atoms with E-state index in [1.165, 1.54) is 87.6 Å². The Kier molecular flexibility index (Phi) is 9.02. The molecule has 0 aliphatic heterocycles. The van der Waals surface area contributed by atoms with Gasteiger partial charge in [-0.05, 0) is 138 Å². The maximum atomic E-state index is 6.67. The second-order valence-corrected chi connectivity index (χ2v) is 17.6. The van der Waals surface area contributed by atoms with Gasteiger partial charge in [0.25, 0.3) is 0 Å². The van der Waals surface area contributed by atoms with Gasteiger partial charge in [0, 0.05) is 39.3 Å². The van der Waals surface area contributed by atoms with Gasteiger partial charge in [-0.3, -0.25) is 0 Å². The van der Waals surface area contributed by atoms with Gasteiger partial charge in [0.2, 0.25) is 0 Å². The number of fused-ring (bicyclic) bond motifs is 9. The minimum atomic E-state index is 0.147. The Morgan fingerprint density at radius 1 is 0.364 bits per heavy atom. The molecule has 1 unspecified atom stereocenters. The van der Waals surface area contributed by atoms with Crippen molar-refractivity contribution in [3.63, 3.8) is 0 Å². The van der Waals surface area contributed by atoms with Crippen LogP contribution in [0.5, 0.6) is 0 Å². The zero-order chi connectivity index (χ0) is 43.6.